The molecule has 2 rings (SSSR count). The van der Waals surface area contributed by atoms with Gasteiger partial charge < -0.3 is 4.90 Å². The summed E-state index contributed by atoms with van der Waals surface area (Å²) in [4.78, 5) is 17.4. The minimum atomic E-state index is -0.430. The lowest BCUT2D eigenvalue weighted by molar-refractivity contribution is -0.133. The fraction of sp³-hybridized carbons (Fsp3) is 0.706. The summed E-state index contributed by atoms with van der Waals surface area (Å²) >= 11 is 1.78. The molecule has 0 bridgehead atoms. The summed E-state index contributed by atoms with van der Waals surface area (Å²) in [5, 5.41) is 3.57. The van der Waals surface area contributed by atoms with Crippen molar-refractivity contribution >= 4 is 17.2 Å². The van der Waals surface area contributed by atoms with Crippen LogP contribution < -0.4 is 5.32 Å². The third-order valence-corrected chi connectivity index (χ3v) is 5.39. The van der Waals surface area contributed by atoms with Crippen LogP contribution in [0.2, 0.25) is 0 Å². The van der Waals surface area contributed by atoms with E-state index in [0.29, 0.717) is 0 Å². The lowest BCUT2D eigenvalue weighted by Crippen LogP contribution is -2.43. The first-order valence-corrected chi connectivity index (χ1v) is 8.63. The number of hydrogen-bond acceptors (Lipinski definition) is 3. The van der Waals surface area contributed by atoms with Crippen LogP contribution in [-0.4, -0.2) is 22.9 Å². The van der Waals surface area contributed by atoms with Crippen molar-refractivity contribution < 1.29 is 4.79 Å². The monoisotopic (exact) mass is 308 g/mol. The molecule has 1 N–H and O–H groups in total. The second-order valence-corrected chi connectivity index (χ2v) is 8.81. The Kier molecular flexibility index (Phi) is 4.50. The summed E-state index contributed by atoms with van der Waals surface area (Å²) in [7, 11) is 0. The first-order chi connectivity index (χ1) is 9.66. The SMILES string of the molecule is CCC1(C)NC(c2ccc(C)s2)N(CCC(C)(C)C)C1=O. The number of nitrogens with one attached hydrogen (secondary N) is 1. The molecule has 4 heteroatoms. The van der Waals surface area contributed by atoms with E-state index in [0.717, 1.165) is 19.4 Å². The summed E-state index contributed by atoms with van der Waals surface area (Å²) < 4.78 is 0. The van der Waals surface area contributed by atoms with Crippen LogP contribution in [-0.2, 0) is 4.79 Å². The Morgan fingerprint density at radius 1 is 1.38 bits per heavy atom. The molecule has 3 nitrogen and oxygen atoms in total. The molecule has 0 spiro atoms. The Morgan fingerprint density at radius 2 is 2.05 bits per heavy atom. The van der Waals surface area contributed by atoms with Crippen molar-refractivity contribution in [3.63, 3.8) is 0 Å². The van der Waals surface area contributed by atoms with E-state index >= 15 is 0 Å². The Morgan fingerprint density at radius 3 is 2.52 bits per heavy atom. The van der Waals surface area contributed by atoms with Gasteiger partial charge in [-0.15, -0.1) is 11.3 Å². The van der Waals surface area contributed by atoms with Crippen molar-refractivity contribution in [3.05, 3.63) is 21.9 Å². The lowest BCUT2D eigenvalue weighted by Gasteiger charge is -2.27. The standard InChI is InChI=1S/C17H28N2OS/c1-7-17(6)15(20)19(11-10-16(3,4)5)14(18-17)13-9-8-12(2)21-13/h8-9,14,18H,7,10-11H2,1-6H3. The van der Waals surface area contributed by atoms with Crippen LogP contribution in [0.5, 0.6) is 0 Å². The zero-order valence-corrected chi connectivity index (χ0v) is 14.9. The van der Waals surface area contributed by atoms with Crippen LogP contribution in [0.4, 0.5) is 0 Å². The van der Waals surface area contributed by atoms with Gasteiger partial charge in [-0.2, -0.15) is 0 Å². The Labute approximate surface area is 132 Å². The fourth-order valence-electron chi connectivity index (χ4n) is 2.64. The van der Waals surface area contributed by atoms with Crippen LogP contribution in [0.1, 0.15) is 63.4 Å². The molecule has 1 aliphatic rings. The topological polar surface area (TPSA) is 32.3 Å². The molecule has 2 atom stereocenters. The molecule has 2 heterocycles. The molecule has 0 saturated carbocycles. The van der Waals surface area contributed by atoms with E-state index in [-0.39, 0.29) is 17.5 Å². The van der Waals surface area contributed by atoms with Crippen molar-refractivity contribution in [1.82, 2.24) is 10.2 Å². The maximum atomic E-state index is 12.8. The molecule has 1 aromatic heterocycles. The van der Waals surface area contributed by atoms with Crippen molar-refractivity contribution in [2.45, 2.75) is 66.1 Å². The van der Waals surface area contributed by atoms with Crippen molar-refractivity contribution in [3.8, 4) is 0 Å². The average Bonchev–Trinajstić information content (AvgIpc) is 2.91. The number of carbonyl (C=O) groups is 1. The molecule has 0 radical (unpaired) electrons. The van der Waals surface area contributed by atoms with Gasteiger partial charge in [0.15, 0.2) is 0 Å². The van der Waals surface area contributed by atoms with E-state index in [9.17, 15) is 4.79 Å². The molecular weight excluding hydrogens is 280 g/mol. The van der Waals surface area contributed by atoms with E-state index in [1.54, 1.807) is 11.3 Å². The maximum Gasteiger partial charge on any atom is 0.244 e. The van der Waals surface area contributed by atoms with Gasteiger partial charge in [0.1, 0.15) is 6.17 Å². The van der Waals surface area contributed by atoms with Gasteiger partial charge in [0, 0.05) is 16.3 Å². The minimum Gasteiger partial charge on any atom is -0.320 e. The van der Waals surface area contributed by atoms with Crippen LogP contribution in [0, 0.1) is 12.3 Å². The summed E-state index contributed by atoms with van der Waals surface area (Å²) in [5.74, 6) is 0.241. The van der Waals surface area contributed by atoms with E-state index in [2.05, 4.69) is 52.1 Å². The average molecular weight is 308 g/mol. The normalized spacial score (nSPS) is 26.7. The van der Waals surface area contributed by atoms with Crippen molar-refractivity contribution in [1.29, 1.82) is 0 Å². The largest absolute Gasteiger partial charge is 0.320 e. The molecule has 0 aromatic carbocycles. The molecule has 1 saturated heterocycles. The van der Waals surface area contributed by atoms with Crippen LogP contribution in [0.25, 0.3) is 0 Å². The zero-order chi connectivity index (χ0) is 15.8. The highest BCUT2D eigenvalue weighted by Gasteiger charge is 2.47. The highest BCUT2D eigenvalue weighted by molar-refractivity contribution is 7.12. The smallest absolute Gasteiger partial charge is 0.244 e. The number of carbonyl (C=O) groups excluding carboxylic acids is 1. The zero-order valence-electron chi connectivity index (χ0n) is 14.1. The molecule has 2 unspecified atom stereocenters. The highest BCUT2D eigenvalue weighted by atomic mass is 32.1. The summed E-state index contributed by atoms with van der Waals surface area (Å²) in [5.41, 5.74) is -0.193. The molecule has 1 aromatic rings. The minimum absolute atomic E-state index is 0.0310. The number of nitrogens with zero attached hydrogens (tertiary/aromatic N) is 1. The molecule has 0 aliphatic carbocycles. The summed E-state index contributed by atoms with van der Waals surface area (Å²) in [6.07, 6.45) is 1.86. The molecule has 118 valence electrons. The van der Waals surface area contributed by atoms with Gasteiger partial charge in [0.25, 0.3) is 0 Å². The van der Waals surface area contributed by atoms with Crippen molar-refractivity contribution in [2.75, 3.05) is 6.54 Å². The first kappa shape index (κ1) is 16.5. The van der Waals surface area contributed by atoms with Gasteiger partial charge in [-0.3, -0.25) is 10.1 Å². The molecule has 21 heavy (non-hydrogen) atoms. The number of aryl methyl sites for hydroxylation is 1. The second kappa shape index (κ2) is 5.73. The molecule has 1 fully saturated rings. The predicted molar refractivity (Wildman–Crippen MR) is 89.4 cm³/mol. The number of rotatable bonds is 4. The van der Waals surface area contributed by atoms with Gasteiger partial charge in [-0.05, 0) is 44.2 Å². The Hall–Kier alpha value is -0.870. The summed E-state index contributed by atoms with van der Waals surface area (Å²) in [6.45, 7) is 13.7. The van der Waals surface area contributed by atoms with Crippen molar-refractivity contribution in [2.24, 2.45) is 5.41 Å². The van der Waals surface area contributed by atoms with Gasteiger partial charge in [-0.25, -0.2) is 0 Å². The van der Waals surface area contributed by atoms with Gasteiger partial charge in [-0.1, -0.05) is 27.7 Å². The maximum absolute atomic E-state index is 12.8. The second-order valence-electron chi connectivity index (χ2n) is 7.49. The number of thiophene rings is 1. The lowest BCUT2D eigenvalue weighted by atomic mass is 9.92. The van der Waals surface area contributed by atoms with E-state index in [1.807, 2.05) is 11.8 Å². The number of hydrogen-bond donors (Lipinski definition) is 1. The molecule has 1 amide bonds. The molecular formula is C17H28N2OS. The Balaban J connectivity index is 2.25. The highest BCUT2D eigenvalue weighted by Crippen LogP contribution is 2.36. The van der Waals surface area contributed by atoms with E-state index in [1.165, 1.54) is 9.75 Å². The Bertz CT molecular complexity index is 517. The van der Waals surface area contributed by atoms with Gasteiger partial charge >= 0.3 is 0 Å². The third kappa shape index (κ3) is 3.49. The third-order valence-electron chi connectivity index (χ3n) is 4.34. The first-order valence-electron chi connectivity index (χ1n) is 7.81. The van der Waals surface area contributed by atoms with E-state index < -0.39 is 5.54 Å². The van der Waals surface area contributed by atoms with Gasteiger partial charge in [0.2, 0.25) is 5.91 Å². The predicted octanol–water partition coefficient (Wildman–Crippen LogP) is 4.09. The molecule has 1 aliphatic heterocycles. The van der Waals surface area contributed by atoms with Crippen LogP contribution in [0.3, 0.4) is 0 Å². The number of amides is 1. The van der Waals surface area contributed by atoms with Crippen LogP contribution >= 0.6 is 11.3 Å². The quantitative estimate of drug-likeness (QED) is 0.908. The van der Waals surface area contributed by atoms with Crippen LogP contribution in [0.15, 0.2) is 12.1 Å². The van der Waals surface area contributed by atoms with Gasteiger partial charge in [0.05, 0.1) is 5.54 Å². The summed E-state index contributed by atoms with van der Waals surface area (Å²) in [6, 6.07) is 4.28. The fourth-order valence-corrected chi connectivity index (χ4v) is 3.58. The van der Waals surface area contributed by atoms with E-state index in [4.69, 9.17) is 0 Å².